The van der Waals surface area contributed by atoms with Crippen LogP contribution >= 0.6 is 0 Å². The van der Waals surface area contributed by atoms with Crippen LogP contribution in [0.5, 0.6) is 11.5 Å². The molecule has 0 aliphatic heterocycles. The Morgan fingerprint density at radius 1 is 0.929 bits per heavy atom. The van der Waals surface area contributed by atoms with Crippen molar-refractivity contribution in [3.05, 3.63) is 93.8 Å². The van der Waals surface area contributed by atoms with Crippen molar-refractivity contribution in [2.45, 2.75) is 19.7 Å². The van der Waals surface area contributed by atoms with E-state index in [1.54, 1.807) is 31.6 Å². The monoisotopic (exact) mass is 379 g/mol. The van der Waals surface area contributed by atoms with Crippen LogP contribution in [0.25, 0.3) is 0 Å². The quantitative estimate of drug-likeness (QED) is 0.449. The summed E-state index contributed by atoms with van der Waals surface area (Å²) in [6.45, 7) is 1.75. The van der Waals surface area contributed by atoms with Gasteiger partial charge >= 0.3 is 0 Å². The number of ether oxygens (including phenoxy) is 2. The van der Waals surface area contributed by atoms with Crippen molar-refractivity contribution in [1.82, 2.24) is 10.3 Å². The van der Waals surface area contributed by atoms with Crippen LogP contribution in [0.4, 0.5) is 5.69 Å². The molecular formula is C21H21N3O4. The van der Waals surface area contributed by atoms with E-state index in [4.69, 9.17) is 9.47 Å². The van der Waals surface area contributed by atoms with Crippen molar-refractivity contribution >= 4 is 5.69 Å². The fraction of sp³-hybridized carbons (Fsp3) is 0.190. The van der Waals surface area contributed by atoms with Gasteiger partial charge in [-0.25, -0.2) is 0 Å². The van der Waals surface area contributed by atoms with E-state index < -0.39 is 4.92 Å². The summed E-state index contributed by atoms with van der Waals surface area (Å²) in [6, 6.07) is 16.0. The molecule has 0 aliphatic rings. The minimum absolute atomic E-state index is 0.0601. The second-order valence-corrected chi connectivity index (χ2v) is 6.16. The fourth-order valence-electron chi connectivity index (χ4n) is 2.67. The molecule has 0 unspecified atom stereocenters. The zero-order valence-electron chi connectivity index (χ0n) is 15.5. The van der Waals surface area contributed by atoms with Crippen LogP contribution in [-0.4, -0.2) is 17.0 Å². The number of hydrogen-bond donors (Lipinski definition) is 1. The molecule has 0 radical (unpaired) electrons. The Labute approximate surface area is 163 Å². The van der Waals surface area contributed by atoms with Crippen molar-refractivity contribution in [2.75, 3.05) is 7.11 Å². The molecule has 3 aromatic rings. The van der Waals surface area contributed by atoms with Gasteiger partial charge in [-0.15, -0.1) is 0 Å². The number of methoxy groups -OCH3 is 1. The molecule has 3 rings (SSSR count). The lowest BCUT2D eigenvalue weighted by atomic mass is 10.2. The van der Waals surface area contributed by atoms with E-state index in [0.29, 0.717) is 24.7 Å². The van der Waals surface area contributed by atoms with E-state index in [9.17, 15) is 10.1 Å². The molecule has 0 saturated carbocycles. The summed E-state index contributed by atoms with van der Waals surface area (Å²) in [7, 11) is 1.60. The molecule has 0 atom stereocenters. The maximum Gasteiger partial charge on any atom is 0.269 e. The Bertz CT molecular complexity index is 915. The van der Waals surface area contributed by atoms with Crippen LogP contribution in [0.2, 0.25) is 0 Å². The summed E-state index contributed by atoms with van der Waals surface area (Å²) in [6.07, 6.45) is 3.55. The van der Waals surface area contributed by atoms with Gasteiger partial charge in [0.05, 0.1) is 12.0 Å². The lowest BCUT2D eigenvalue weighted by Crippen LogP contribution is -2.12. The van der Waals surface area contributed by atoms with E-state index in [1.807, 2.05) is 30.3 Å². The standard InChI is InChI=1S/C21H21N3O4/c1-27-21-12-18(14-23-13-16-8-10-22-11-9-16)4-7-20(21)28-15-17-2-5-19(6-3-17)24(25)26/h2-12,23H,13-15H2,1H3. The maximum absolute atomic E-state index is 10.7. The van der Waals surface area contributed by atoms with Crippen molar-refractivity contribution in [2.24, 2.45) is 0 Å². The second kappa shape index (κ2) is 9.48. The maximum atomic E-state index is 10.7. The van der Waals surface area contributed by atoms with E-state index in [1.165, 1.54) is 17.7 Å². The number of nitrogens with one attached hydrogen (secondary N) is 1. The van der Waals surface area contributed by atoms with Gasteiger partial charge in [-0.1, -0.05) is 6.07 Å². The Morgan fingerprint density at radius 2 is 1.61 bits per heavy atom. The van der Waals surface area contributed by atoms with Crippen molar-refractivity contribution in [3.63, 3.8) is 0 Å². The number of pyridine rings is 1. The van der Waals surface area contributed by atoms with Gasteiger partial charge in [-0.3, -0.25) is 15.1 Å². The van der Waals surface area contributed by atoms with Crippen LogP contribution in [0.15, 0.2) is 67.0 Å². The molecule has 28 heavy (non-hydrogen) atoms. The molecule has 7 heteroatoms. The SMILES string of the molecule is COc1cc(CNCc2ccncc2)ccc1OCc1ccc([N+](=O)[O-])cc1. The molecule has 0 aliphatic carbocycles. The fourth-order valence-corrected chi connectivity index (χ4v) is 2.67. The smallest absolute Gasteiger partial charge is 0.269 e. The van der Waals surface area contributed by atoms with E-state index in [0.717, 1.165) is 17.7 Å². The van der Waals surface area contributed by atoms with Gasteiger partial charge in [0, 0.05) is 37.6 Å². The Kier molecular flexibility index (Phi) is 6.54. The molecule has 0 fully saturated rings. The highest BCUT2D eigenvalue weighted by molar-refractivity contribution is 5.43. The number of nitrogens with zero attached hydrogens (tertiary/aromatic N) is 2. The van der Waals surface area contributed by atoms with Gasteiger partial charge in [0.25, 0.3) is 5.69 Å². The van der Waals surface area contributed by atoms with Gasteiger partial charge in [0.2, 0.25) is 0 Å². The van der Waals surface area contributed by atoms with Crippen LogP contribution in [0.3, 0.4) is 0 Å². The number of benzene rings is 2. The summed E-state index contributed by atoms with van der Waals surface area (Å²) in [5.41, 5.74) is 3.15. The predicted molar refractivity (Wildman–Crippen MR) is 105 cm³/mol. The third kappa shape index (κ3) is 5.28. The highest BCUT2D eigenvalue weighted by Gasteiger charge is 2.08. The molecule has 0 spiro atoms. The minimum Gasteiger partial charge on any atom is -0.493 e. The summed E-state index contributed by atoms with van der Waals surface area (Å²) >= 11 is 0. The highest BCUT2D eigenvalue weighted by Crippen LogP contribution is 2.29. The van der Waals surface area contributed by atoms with Crippen LogP contribution in [-0.2, 0) is 19.7 Å². The summed E-state index contributed by atoms with van der Waals surface area (Å²) < 4.78 is 11.3. The Balaban J connectivity index is 1.57. The molecule has 0 amide bonds. The molecule has 7 nitrogen and oxygen atoms in total. The number of rotatable bonds is 9. The molecule has 1 aromatic heterocycles. The van der Waals surface area contributed by atoms with Crippen molar-refractivity contribution in [1.29, 1.82) is 0 Å². The second-order valence-electron chi connectivity index (χ2n) is 6.16. The molecule has 0 bridgehead atoms. The van der Waals surface area contributed by atoms with E-state index in [-0.39, 0.29) is 5.69 Å². The number of hydrogen-bond acceptors (Lipinski definition) is 6. The lowest BCUT2D eigenvalue weighted by molar-refractivity contribution is -0.384. The predicted octanol–water partition coefficient (Wildman–Crippen LogP) is 3.87. The highest BCUT2D eigenvalue weighted by atomic mass is 16.6. The summed E-state index contributed by atoms with van der Waals surface area (Å²) in [5, 5.41) is 14.1. The van der Waals surface area contributed by atoms with Crippen molar-refractivity contribution < 1.29 is 14.4 Å². The van der Waals surface area contributed by atoms with E-state index >= 15 is 0 Å². The molecule has 0 saturated heterocycles. The van der Waals surface area contributed by atoms with Gasteiger partial charge in [0.1, 0.15) is 6.61 Å². The zero-order chi connectivity index (χ0) is 19.8. The zero-order valence-corrected chi connectivity index (χ0v) is 15.5. The average molecular weight is 379 g/mol. The first-order chi connectivity index (χ1) is 13.7. The molecule has 1 N–H and O–H groups in total. The molecular weight excluding hydrogens is 358 g/mol. The number of nitro benzene ring substituents is 1. The van der Waals surface area contributed by atoms with Gasteiger partial charge < -0.3 is 14.8 Å². The average Bonchev–Trinajstić information content (AvgIpc) is 2.73. The number of non-ortho nitro benzene ring substituents is 1. The van der Waals surface area contributed by atoms with Crippen LogP contribution in [0.1, 0.15) is 16.7 Å². The van der Waals surface area contributed by atoms with Crippen LogP contribution < -0.4 is 14.8 Å². The van der Waals surface area contributed by atoms with Crippen molar-refractivity contribution in [3.8, 4) is 11.5 Å². The Hall–Kier alpha value is -3.45. The summed E-state index contributed by atoms with van der Waals surface area (Å²) in [4.78, 5) is 14.3. The number of aromatic nitrogens is 1. The topological polar surface area (TPSA) is 86.5 Å². The third-order valence-corrected chi connectivity index (χ3v) is 4.18. The normalized spacial score (nSPS) is 10.5. The van der Waals surface area contributed by atoms with Crippen LogP contribution in [0, 0.1) is 10.1 Å². The minimum atomic E-state index is -0.422. The van der Waals surface area contributed by atoms with Gasteiger partial charge in [-0.05, 0) is 53.1 Å². The Morgan fingerprint density at radius 3 is 2.29 bits per heavy atom. The number of nitro groups is 1. The van der Waals surface area contributed by atoms with Gasteiger partial charge in [-0.2, -0.15) is 0 Å². The first kappa shape index (κ1) is 19.3. The first-order valence-corrected chi connectivity index (χ1v) is 8.78. The summed E-state index contributed by atoms with van der Waals surface area (Å²) in [5.74, 6) is 1.27. The third-order valence-electron chi connectivity index (χ3n) is 4.18. The molecule has 1 heterocycles. The van der Waals surface area contributed by atoms with Gasteiger partial charge in [0.15, 0.2) is 11.5 Å². The molecule has 144 valence electrons. The van der Waals surface area contributed by atoms with E-state index in [2.05, 4.69) is 10.3 Å². The molecule has 2 aromatic carbocycles. The first-order valence-electron chi connectivity index (χ1n) is 8.78. The largest absolute Gasteiger partial charge is 0.493 e. The lowest BCUT2D eigenvalue weighted by Gasteiger charge is -2.13.